The SMILES string of the molecule is COc1ccc(NS(=O)(=O)c2ccc(CCN)s2)cc1. The maximum Gasteiger partial charge on any atom is 0.271 e. The number of anilines is 1. The summed E-state index contributed by atoms with van der Waals surface area (Å²) in [5.74, 6) is 0.675. The third-order valence-corrected chi connectivity index (χ3v) is 5.65. The van der Waals surface area contributed by atoms with E-state index in [2.05, 4.69) is 4.72 Å². The van der Waals surface area contributed by atoms with Crippen LogP contribution in [0.5, 0.6) is 5.75 Å². The topological polar surface area (TPSA) is 81.4 Å². The molecule has 0 spiro atoms. The highest BCUT2D eigenvalue weighted by Gasteiger charge is 2.16. The number of hydrogen-bond donors (Lipinski definition) is 2. The second-order valence-corrected chi connectivity index (χ2v) is 7.17. The van der Waals surface area contributed by atoms with Crippen LogP contribution in [0, 0.1) is 0 Å². The van der Waals surface area contributed by atoms with Gasteiger partial charge >= 0.3 is 0 Å². The lowest BCUT2D eigenvalue weighted by Crippen LogP contribution is -2.11. The van der Waals surface area contributed by atoms with E-state index in [1.54, 1.807) is 43.5 Å². The van der Waals surface area contributed by atoms with Gasteiger partial charge in [-0.25, -0.2) is 8.42 Å². The van der Waals surface area contributed by atoms with Gasteiger partial charge in [0.15, 0.2) is 0 Å². The van der Waals surface area contributed by atoms with Crippen LogP contribution in [-0.2, 0) is 16.4 Å². The van der Waals surface area contributed by atoms with Crippen molar-refractivity contribution in [1.82, 2.24) is 0 Å². The number of sulfonamides is 1. The van der Waals surface area contributed by atoms with Crippen LogP contribution in [0.25, 0.3) is 0 Å². The Kier molecular flexibility index (Phi) is 4.64. The smallest absolute Gasteiger partial charge is 0.271 e. The Hall–Kier alpha value is -1.57. The minimum absolute atomic E-state index is 0.289. The largest absolute Gasteiger partial charge is 0.497 e. The van der Waals surface area contributed by atoms with E-state index in [9.17, 15) is 8.42 Å². The van der Waals surface area contributed by atoms with Gasteiger partial charge in [-0.15, -0.1) is 11.3 Å². The first kappa shape index (κ1) is 14.8. The minimum Gasteiger partial charge on any atom is -0.497 e. The lowest BCUT2D eigenvalue weighted by molar-refractivity contribution is 0.415. The molecule has 1 heterocycles. The van der Waals surface area contributed by atoms with E-state index in [-0.39, 0.29) is 4.21 Å². The lowest BCUT2D eigenvalue weighted by Gasteiger charge is -2.07. The maximum atomic E-state index is 12.2. The van der Waals surface area contributed by atoms with Crippen LogP contribution < -0.4 is 15.2 Å². The number of ether oxygens (including phenoxy) is 1. The summed E-state index contributed by atoms with van der Waals surface area (Å²) in [6.07, 6.45) is 0.683. The van der Waals surface area contributed by atoms with E-state index in [4.69, 9.17) is 10.5 Å². The molecule has 0 unspecified atom stereocenters. The quantitative estimate of drug-likeness (QED) is 0.855. The van der Waals surface area contributed by atoms with Gasteiger partial charge in [0, 0.05) is 10.6 Å². The Balaban J connectivity index is 2.16. The number of nitrogens with two attached hydrogens (primary N) is 1. The third kappa shape index (κ3) is 3.50. The average molecular weight is 312 g/mol. The zero-order valence-electron chi connectivity index (χ0n) is 11.0. The molecule has 2 rings (SSSR count). The average Bonchev–Trinajstić information content (AvgIpc) is 2.89. The van der Waals surface area contributed by atoms with E-state index in [0.29, 0.717) is 24.4 Å². The molecular formula is C13H16N2O3S2. The van der Waals surface area contributed by atoms with Crippen LogP contribution in [-0.4, -0.2) is 22.1 Å². The third-order valence-electron chi connectivity index (χ3n) is 2.63. The van der Waals surface area contributed by atoms with Crippen LogP contribution in [0.4, 0.5) is 5.69 Å². The zero-order chi connectivity index (χ0) is 14.6. The summed E-state index contributed by atoms with van der Waals surface area (Å²) in [7, 11) is -1.98. The van der Waals surface area contributed by atoms with E-state index >= 15 is 0 Å². The number of nitrogens with one attached hydrogen (secondary N) is 1. The molecule has 0 radical (unpaired) electrons. The van der Waals surface area contributed by atoms with Gasteiger partial charge in [0.05, 0.1) is 7.11 Å². The summed E-state index contributed by atoms with van der Waals surface area (Å²) in [6.45, 7) is 0.506. The summed E-state index contributed by atoms with van der Waals surface area (Å²) in [4.78, 5) is 0.961. The molecule has 7 heteroatoms. The molecule has 0 aliphatic rings. The molecule has 0 aliphatic carbocycles. The Morgan fingerprint density at radius 3 is 2.50 bits per heavy atom. The Morgan fingerprint density at radius 1 is 1.20 bits per heavy atom. The fraction of sp³-hybridized carbons (Fsp3) is 0.231. The summed E-state index contributed by atoms with van der Waals surface area (Å²) >= 11 is 1.24. The highest BCUT2D eigenvalue weighted by Crippen LogP contribution is 2.25. The molecule has 20 heavy (non-hydrogen) atoms. The summed E-state index contributed by atoms with van der Waals surface area (Å²) < 4.78 is 32.3. The van der Waals surface area contributed by atoms with Crippen molar-refractivity contribution in [3.8, 4) is 5.75 Å². The van der Waals surface area contributed by atoms with Crippen LogP contribution in [0.15, 0.2) is 40.6 Å². The molecule has 0 fully saturated rings. The Morgan fingerprint density at radius 2 is 1.90 bits per heavy atom. The van der Waals surface area contributed by atoms with E-state index in [0.717, 1.165) is 4.88 Å². The summed E-state index contributed by atoms with van der Waals surface area (Å²) in [5, 5.41) is 0. The second-order valence-electron chi connectivity index (χ2n) is 4.09. The molecule has 3 N–H and O–H groups in total. The molecule has 0 saturated carbocycles. The van der Waals surface area contributed by atoms with Gasteiger partial charge in [0.25, 0.3) is 10.0 Å². The Labute approximate surface area is 122 Å². The van der Waals surface area contributed by atoms with Crippen molar-refractivity contribution in [1.29, 1.82) is 0 Å². The van der Waals surface area contributed by atoms with Crippen LogP contribution in [0.1, 0.15) is 4.88 Å². The molecular weight excluding hydrogens is 296 g/mol. The highest BCUT2D eigenvalue weighted by atomic mass is 32.2. The molecule has 5 nitrogen and oxygen atoms in total. The van der Waals surface area contributed by atoms with Crippen molar-refractivity contribution in [2.45, 2.75) is 10.6 Å². The number of rotatable bonds is 6. The molecule has 0 amide bonds. The van der Waals surface area contributed by atoms with Crippen molar-refractivity contribution in [3.63, 3.8) is 0 Å². The van der Waals surface area contributed by atoms with Crippen molar-refractivity contribution in [2.24, 2.45) is 5.73 Å². The lowest BCUT2D eigenvalue weighted by atomic mass is 10.3. The first-order chi connectivity index (χ1) is 9.55. The molecule has 108 valence electrons. The first-order valence-electron chi connectivity index (χ1n) is 6.01. The number of methoxy groups -OCH3 is 1. The summed E-state index contributed by atoms with van der Waals surface area (Å²) in [6, 6.07) is 10.1. The molecule has 1 aromatic carbocycles. The standard InChI is InChI=1S/C13H16N2O3S2/c1-18-11-4-2-10(3-5-11)15-20(16,17)13-7-6-12(19-13)8-9-14/h2-7,15H,8-9,14H2,1H3. The summed E-state index contributed by atoms with van der Waals surface area (Å²) in [5.41, 5.74) is 5.96. The Bertz CT molecular complexity index is 663. The van der Waals surface area contributed by atoms with Gasteiger partial charge < -0.3 is 10.5 Å². The van der Waals surface area contributed by atoms with Gasteiger partial charge in [-0.05, 0) is 49.4 Å². The van der Waals surface area contributed by atoms with E-state index in [1.807, 2.05) is 0 Å². The maximum absolute atomic E-state index is 12.2. The normalized spacial score (nSPS) is 11.3. The van der Waals surface area contributed by atoms with Gasteiger partial charge in [-0.2, -0.15) is 0 Å². The van der Waals surface area contributed by atoms with E-state index in [1.165, 1.54) is 11.3 Å². The fourth-order valence-corrected chi connectivity index (χ4v) is 4.07. The van der Waals surface area contributed by atoms with Gasteiger partial charge in [0.2, 0.25) is 0 Å². The predicted octanol–water partition coefficient (Wildman–Crippen LogP) is 2.06. The molecule has 1 aromatic heterocycles. The zero-order valence-corrected chi connectivity index (χ0v) is 12.6. The number of hydrogen-bond acceptors (Lipinski definition) is 5. The van der Waals surface area contributed by atoms with Crippen LogP contribution >= 0.6 is 11.3 Å². The van der Waals surface area contributed by atoms with Crippen molar-refractivity contribution in [2.75, 3.05) is 18.4 Å². The van der Waals surface area contributed by atoms with Crippen LogP contribution in [0.2, 0.25) is 0 Å². The molecule has 0 bridgehead atoms. The van der Waals surface area contributed by atoms with Crippen molar-refractivity contribution in [3.05, 3.63) is 41.3 Å². The molecule has 0 atom stereocenters. The molecule has 0 saturated heterocycles. The fourth-order valence-electron chi connectivity index (χ4n) is 1.64. The van der Waals surface area contributed by atoms with Gasteiger partial charge in [-0.3, -0.25) is 4.72 Å². The predicted molar refractivity (Wildman–Crippen MR) is 80.9 cm³/mol. The van der Waals surface area contributed by atoms with Crippen LogP contribution in [0.3, 0.4) is 0 Å². The minimum atomic E-state index is -3.54. The highest BCUT2D eigenvalue weighted by molar-refractivity contribution is 7.94. The van der Waals surface area contributed by atoms with Crippen molar-refractivity contribution < 1.29 is 13.2 Å². The second kappa shape index (κ2) is 6.25. The number of thiophene rings is 1. The molecule has 0 aliphatic heterocycles. The van der Waals surface area contributed by atoms with E-state index < -0.39 is 10.0 Å². The van der Waals surface area contributed by atoms with Gasteiger partial charge in [0.1, 0.15) is 9.96 Å². The van der Waals surface area contributed by atoms with Crippen molar-refractivity contribution >= 4 is 27.0 Å². The molecule has 2 aromatic rings. The van der Waals surface area contributed by atoms with Gasteiger partial charge in [-0.1, -0.05) is 0 Å². The monoisotopic (exact) mass is 312 g/mol. The number of benzene rings is 1. The first-order valence-corrected chi connectivity index (χ1v) is 8.31.